The monoisotopic (exact) mass is 170 g/mol. The fraction of sp³-hybridized carbons (Fsp3) is 0.800. The first kappa shape index (κ1) is 11.5. The van der Waals surface area contributed by atoms with Gasteiger partial charge in [0.2, 0.25) is 0 Å². The van der Waals surface area contributed by atoms with E-state index >= 15 is 0 Å². The molecule has 0 aromatic rings. The molecular weight excluding hydrogens is 152 g/mol. The highest BCUT2D eigenvalue weighted by molar-refractivity contribution is 5.02. The van der Waals surface area contributed by atoms with Crippen molar-refractivity contribution in [1.29, 1.82) is 0 Å². The molecule has 0 atom stereocenters. The normalized spacial score (nSPS) is 12.7. The van der Waals surface area contributed by atoms with Crippen LogP contribution in [0, 0.1) is 12.3 Å². The second-order valence-corrected chi connectivity index (χ2v) is 3.93. The van der Waals surface area contributed by atoms with E-state index in [1.54, 1.807) is 13.8 Å². The highest BCUT2D eigenvalue weighted by Gasteiger charge is 2.23. The second kappa shape index (κ2) is 3.93. The quantitative estimate of drug-likeness (QED) is 0.367. The molecule has 0 aliphatic heterocycles. The molecule has 0 aliphatic carbocycles. The first-order chi connectivity index (χ1) is 5.33. The van der Waals surface area contributed by atoms with Gasteiger partial charge in [-0.05, 0) is 34.1 Å². The van der Waals surface area contributed by atoms with Crippen LogP contribution in [0.4, 0.5) is 0 Å². The predicted octanol–water partition coefficient (Wildman–Crippen LogP) is 2.54. The average Bonchev–Trinajstić information content (AvgIpc) is 2.02. The van der Waals surface area contributed by atoms with Crippen molar-refractivity contribution in [3.63, 3.8) is 0 Å². The van der Waals surface area contributed by atoms with Gasteiger partial charge in [0.05, 0.1) is 5.60 Å². The second-order valence-electron chi connectivity index (χ2n) is 3.93. The Bertz CT molecular complexity index is 175. The predicted molar refractivity (Wildman–Crippen MR) is 49.5 cm³/mol. The SMILES string of the molecule is C#CC(C)(C)OOC(C)(C)CC. The van der Waals surface area contributed by atoms with Crippen LogP contribution >= 0.6 is 0 Å². The van der Waals surface area contributed by atoms with Crippen LogP contribution in [0.3, 0.4) is 0 Å². The Morgan fingerprint density at radius 1 is 1.17 bits per heavy atom. The molecule has 12 heavy (non-hydrogen) atoms. The van der Waals surface area contributed by atoms with Gasteiger partial charge in [-0.25, -0.2) is 9.78 Å². The summed E-state index contributed by atoms with van der Waals surface area (Å²) in [6.07, 6.45) is 6.10. The Balaban J connectivity index is 3.93. The first-order valence-electron chi connectivity index (χ1n) is 4.17. The Labute approximate surface area is 75.2 Å². The minimum absolute atomic E-state index is 0.270. The van der Waals surface area contributed by atoms with Crippen LogP contribution in [0.1, 0.15) is 41.0 Å². The van der Waals surface area contributed by atoms with Gasteiger partial charge in [-0.15, -0.1) is 6.42 Å². The summed E-state index contributed by atoms with van der Waals surface area (Å²) in [7, 11) is 0. The Kier molecular flexibility index (Phi) is 3.76. The Morgan fingerprint density at radius 3 is 2.00 bits per heavy atom. The van der Waals surface area contributed by atoms with Crippen molar-refractivity contribution in [2.75, 3.05) is 0 Å². The highest BCUT2D eigenvalue weighted by atomic mass is 17.2. The van der Waals surface area contributed by atoms with Crippen molar-refractivity contribution in [1.82, 2.24) is 0 Å². The summed E-state index contributed by atoms with van der Waals surface area (Å²) in [5, 5.41) is 0. The van der Waals surface area contributed by atoms with E-state index in [9.17, 15) is 0 Å². The van der Waals surface area contributed by atoms with E-state index in [4.69, 9.17) is 16.2 Å². The Hall–Kier alpha value is -0.520. The summed E-state index contributed by atoms with van der Waals surface area (Å²) < 4.78 is 0. The molecule has 0 rings (SSSR count). The summed E-state index contributed by atoms with van der Waals surface area (Å²) in [4.78, 5) is 10.3. The van der Waals surface area contributed by atoms with Crippen LogP contribution in [-0.4, -0.2) is 11.2 Å². The molecule has 0 fully saturated rings. The summed E-state index contributed by atoms with van der Waals surface area (Å²) in [5.74, 6) is 2.49. The molecule has 0 spiro atoms. The molecule has 2 heteroatoms. The molecule has 0 bridgehead atoms. The number of terminal acetylenes is 1. The molecule has 70 valence electrons. The zero-order chi connectivity index (χ0) is 9.83. The smallest absolute Gasteiger partial charge is 0.157 e. The molecule has 0 N–H and O–H groups in total. The van der Waals surface area contributed by atoms with Crippen LogP contribution in [-0.2, 0) is 9.78 Å². The summed E-state index contributed by atoms with van der Waals surface area (Å²) in [5.41, 5.74) is -0.916. The molecule has 0 heterocycles. The van der Waals surface area contributed by atoms with Crippen LogP contribution in [0.5, 0.6) is 0 Å². The topological polar surface area (TPSA) is 18.5 Å². The largest absolute Gasteiger partial charge is 0.229 e. The van der Waals surface area contributed by atoms with Gasteiger partial charge < -0.3 is 0 Å². The van der Waals surface area contributed by atoms with Crippen molar-refractivity contribution < 1.29 is 9.78 Å². The molecule has 0 amide bonds. The van der Waals surface area contributed by atoms with Crippen LogP contribution < -0.4 is 0 Å². The zero-order valence-corrected chi connectivity index (χ0v) is 8.60. The van der Waals surface area contributed by atoms with Crippen LogP contribution in [0.15, 0.2) is 0 Å². The van der Waals surface area contributed by atoms with Crippen molar-refractivity contribution in [2.45, 2.75) is 52.2 Å². The molecule has 0 saturated heterocycles. The van der Waals surface area contributed by atoms with E-state index in [2.05, 4.69) is 5.92 Å². The lowest BCUT2D eigenvalue weighted by atomic mass is 10.1. The third kappa shape index (κ3) is 4.38. The van der Waals surface area contributed by atoms with Crippen molar-refractivity contribution >= 4 is 0 Å². The molecular formula is C10H18O2. The van der Waals surface area contributed by atoms with Gasteiger partial charge in [0, 0.05) is 0 Å². The van der Waals surface area contributed by atoms with E-state index in [-0.39, 0.29) is 5.60 Å². The van der Waals surface area contributed by atoms with Gasteiger partial charge in [-0.1, -0.05) is 12.8 Å². The fourth-order valence-corrected chi connectivity index (χ4v) is 0.300. The van der Waals surface area contributed by atoms with E-state index in [0.717, 1.165) is 6.42 Å². The average molecular weight is 170 g/mol. The fourth-order valence-electron chi connectivity index (χ4n) is 0.300. The lowest BCUT2D eigenvalue weighted by molar-refractivity contribution is -0.388. The van der Waals surface area contributed by atoms with Gasteiger partial charge >= 0.3 is 0 Å². The van der Waals surface area contributed by atoms with Crippen molar-refractivity contribution in [2.24, 2.45) is 0 Å². The third-order valence-electron chi connectivity index (χ3n) is 1.67. The maximum atomic E-state index is 5.22. The number of hydrogen-bond acceptors (Lipinski definition) is 2. The lowest BCUT2D eigenvalue weighted by Crippen LogP contribution is -2.30. The molecule has 0 aromatic carbocycles. The summed E-state index contributed by atoms with van der Waals surface area (Å²) in [6, 6.07) is 0. The van der Waals surface area contributed by atoms with Gasteiger partial charge in [0.15, 0.2) is 5.60 Å². The van der Waals surface area contributed by atoms with Gasteiger partial charge in [0.25, 0.3) is 0 Å². The standard InChI is InChI=1S/C10H18O2/c1-7-9(3,4)11-12-10(5,6)8-2/h1H,8H2,2-6H3. The zero-order valence-electron chi connectivity index (χ0n) is 8.60. The molecule has 0 saturated carbocycles. The van der Waals surface area contributed by atoms with Gasteiger partial charge in [0.1, 0.15) is 0 Å². The first-order valence-corrected chi connectivity index (χ1v) is 4.17. The van der Waals surface area contributed by atoms with Crippen LogP contribution in [0.25, 0.3) is 0 Å². The molecule has 0 unspecified atom stereocenters. The van der Waals surface area contributed by atoms with Gasteiger partial charge in [-0.2, -0.15) is 0 Å². The van der Waals surface area contributed by atoms with E-state index in [1.165, 1.54) is 0 Å². The van der Waals surface area contributed by atoms with Gasteiger partial charge in [-0.3, -0.25) is 0 Å². The van der Waals surface area contributed by atoms with E-state index in [1.807, 2.05) is 20.8 Å². The highest BCUT2D eigenvalue weighted by Crippen LogP contribution is 2.18. The number of hydrogen-bond donors (Lipinski definition) is 0. The minimum Gasteiger partial charge on any atom is -0.229 e. The molecule has 0 aliphatic rings. The molecule has 0 radical (unpaired) electrons. The summed E-state index contributed by atoms with van der Waals surface area (Å²) in [6.45, 7) is 9.53. The van der Waals surface area contributed by atoms with Crippen LogP contribution in [0.2, 0.25) is 0 Å². The number of rotatable bonds is 4. The molecule has 0 aromatic heterocycles. The van der Waals surface area contributed by atoms with E-state index < -0.39 is 5.60 Å². The maximum absolute atomic E-state index is 5.22. The van der Waals surface area contributed by atoms with Crippen molar-refractivity contribution in [3.05, 3.63) is 0 Å². The summed E-state index contributed by atoms with van der Waals surface area (Å²) >= 11 is 0. The molecule has 2 nitrogen and oxygen atoms in total. The minimum atomic E-state index is -0.646. The van der Waals surface area contributed by atoms with E-state index in [0.29, 0.717) is 0 Å². The maximum Gasteiger partial charge on any atom is 0.157 e. The third-order valence-corrected chi connectivity index (χ3v) is 1.67. The Morgan fingerprint density at radius 2 is 1.67 bits per heavy atom. The lowest BCUT2D eigenvalue weighted by Gasteiger charge is -2.26. The van der Waals surface area contributed by atoms with Crippen molar-refractivity contribution in [3.8, 4) is 12.3 Å².